The maximum absolute atomic E-state index is 13.0. The van der Waals surface area contributed by atoms with Crippen LogP contribution in [0.3, 0.4) is 0 Å². The molecule has 0 radical (unpaired) electrons. The third-order valence-corrected chi connectivity index (χ3v) is 19.3. The standard InChI is InChI=1S/C44H81N3O.C37H69N.C7H14N2O2/c1-4-6-8-10-12-14-16-18-20-22-24-26-28-30-32-34-36-43(45-44(48)42-47-40-38-46(3)39-41-47)37-35-33-31-29-27-25-23-21-19-17-15-13-11-9-7-5-2;1-3-5-7-9-11-13-15-17-19-21-23-25-27-29-31-33-35-37(38)36-34-32-30-28-26-24-22-20-18-16-14-12-10-8-6-4-2;1-8-2-4-9(5-3-8)6-7(10)11/h12-15,18-21,43H,4-11,16-17,22-42H2,1-3H3,(H,45,48);11-14,17-20,37H,3-10,15-16,21-36,38H2,1-2H3;2-6H2,1H3,(H,10,11)/b14-12-,15-13-,20-18-,21-19-;13-11-,14-12-,19-17-,20-18-;. The van der Waals surface area contributed by atoms with Gasteiger partial charge in [-0.2, -0.15) is 0 Å². The number of carbonyl (C=O) groups is 2. The highest BCUT2D eigenvalue weighted by Gasteiger charge is 2.19. The monoisotopic (exact) mass is 1350 g/mol. The van der Waals surface area contributed by atoms with Gasteiger partial charge in [0, 0.05) is 64.4 Å². The molecular formula is C88H164N6O3. The third-order valence-electron chi connectivity index (χ3n) is 19.3. The molecule has 9 heteroatoms. The van der Waals surface area contributed by atoms with Crippen molar-refractivity contribution in [3.8, 4) is 0 Å². The van der Waals surface area contributed by atoms with E-state index in [-0.39, 0.29) is 12.5 Å². The molecule has 4 N–H and O–H groups in total. The summed E-state index contributed by atoms with van der Waals surface area (Å²) in [6.45, 7) is 17.7. The summed E-state index contributed by atoms with van der Waals surface area (Å²) < 4.78 is 0. The van der Waals surface area contributed by atoms with E-state index in [2.05, 4.69) is 159 Å². The van der Waals surface area contributed by atoms with Crippen molar-refractivity contribution in [3.63, 3.8) is 0 Å². The summed E-state index contributed by atoms with van der Waals surface area (Å²) >= 11 is 0. The van der Waals surface area contributed by atoms with Gasteiger partial charge in [0.2, 0.25) is 5.91 Å². The van der Waals surface area contributed by atoms with Crippen LogP contribution in [0.1, 0.15) is 362 Å². The Morgan fingerprint density at radius 1 is 0.320 bits per heavy atom. The van der Waals surface area contributed by atoms with Crippen LogP contribution in [0.2, 0.25) is 0 Å². The van der Waals surface area contributed by atoms with Gasteiger partial charge < -0.3 is 26.0 Å². The average Bonchev–Trinajstić information content (AvgIpc) is 2.21. The molecule has 0 atom stereocenters. The number of allylic oxidation sites excluding steroid dienone is 16. The van der Waals surface area contributed by atoms with Gasteiger partial charge in [-0.25, -0.2) is 0 Å². The number of aliphatic carboxylic acids is 1. The number of carboxylic acid groups (broad SMARTS) is 1. The van der Waals surface area contributed by atoms with Gasteiger partial charge in [-0.05, 0) is 168 Å². The van der Waals surface area contributed by atoms with Crippen molar-refractivity contribution in [1.82, 2.24) is 24.9 Å². The first-order valence-corrected chi connectivity index (χ1v) is 41.9. The van der Waals surface area contributed by atoms with Crippen molar-refractivity contribution in [2.45, 2.75) is 374 Å². The molecule has 0 aliphatic carbocycles. The SMILES string of the molecule is CCCCC/C=C\C/C=C\CCCCCCCCC(CCCCCCCC/C=C\C/C=C\CCCCC)NC(=O)CN1CCN(C)CC1.CCCCC/C=C\C/C=C\CCCCCCCCC(N)CCCCCCCC/C=C\C/C=C\CCCCC.CN1CCN(CC(=O)O)CC1. The van der Waals surface area contributed by atoms with E-state index in [1.807, 2.05) is 4.90 Å². The lowest BCUT2D eigenvalue weighted by molar-refractivity contribution is -0.138. The van der Waals surface area contributed by atoms with Crippen LogP contribution < -0.4 is 11.1 Å². The highest BCUT2D eigenvalue weighted by Crippen LogP contribution is 2.18. The summed E-state index contributed by atoms with van der Waals surface area (Å²) in [7, 11) is 4.23. The number of carboxylic acids is 1. The Morgan fingerprint density at radius 3 is 0.804 bits per heavy atom. The number of piperazine rings is 2. The number of nitrogens with two attached hydrogens (primary N) is 1. The fourth-order valence-electron chi connectivity index (χ4n) is 12.7. The maximum Gasteiger partial charge on any atom is 0.317 e. The molecule has 2 fully saturated rings. The molecule has 0 unspecified atom stereocenters. The first kappa shape index (κ1) is 93.7. The van der Waals surface area contributed by atoms with Crippen molar-refractivity contribution in [2.75, 3.05) is 79.5 Å². The molecular weight excluding hydrogens is 1190 g/mol. The number of amides is 1. The predicted octanol–water partition coefficient (Wildman–Crippen LogP) is 24.2. The number of nitrogens with one attached hydrogen (secondary N) is 1. The number of unbranched alkanes of at least 4 members (excludes halogenated alkanes) is 36. The van der Waals surface area contributed by atoms with E-state index in [0.717, 1.165) is 90.9 Å². The second-order valence-electron chi connectivity index (χ2n) is 29.1. The van der Waals surface area contributed by atoms with Crippen molar-refractivity contribution in [2.24, 2.45) is 5.73 Å². The van der Waals surface area contributed by atoms with Gasteiger partial charge in [0.05, 0.1) is 13.1 Å². The van der Waals surface area contributed by atoms with E-state index >= 15 is 0 Å². The maximum atomic E-state index is 13.0. The number of hydrogen-bond donors (Lipinski definition) is 3. The summed E-state index contributed by atoms with van der Waals surface area (Å²) in [6.07, 6.45) is 105. The van der Waals surface area contributed by atoms with Gasteiger partial charge in [-0.15, -0.1) is 0 Å². The normalized spacial score (nSPS) is 14.8. The molecule has 0 bridgehead atoms. The molecule has 1 amide bonds. The minimum absolute atomic E-state index is 0.188. The van der Waals surface area contributed by atoms with E-state index in [0.29, 0.717) is 18.6 Å². The highest BCUT2D eigenvalue weighted by atomic mass is 16.4. The minimum atomic E-state index is -0.727. The zero-order valence-corrected chi connectivity index (χ0v) is 65.4. The lowest BCUT2D eigenvalue weighted by Crippen LogP contribution is -2.49. The van der Waals surface area contributed by atoms with Crippen molar-refractivity contribution < 1.29 is 14.7 Å². The van der Waals surface area contributed by atoms with Crippen molar-refractivity contribution >= 4 is 11.9 Å². The zero-order valence-electron chi connectivity index (χ0n) is 65.4. The number of nitrogens with zero attached hydrogens (tertiary/aromatic N) is 4. The minimum Gasteiger partial charge on any atom is -0.480 e. The molecule has 2 aliphatic rings. The number of likely N-dealkylation sites (N-methyl/N-ethyl adjacent to an activating group) is 2. The van der Waals surface area contributed by atoms with Crippen molar-refractivity contribution in [3.05, 3.63) is 97.2 Å². The Hall–Kier alpha value is -3.34. The van der Waals surface area contributed by atoms with E-state index in [1.54, 1.807) is 0 Å². The summed E-state index contributed by atoms with van der Waals surface area (Å²) in [4.78, 5) is 32.1. The number of rotatable bonds is 65. The van der Waals surface area contributed by atoms with Crippen LogP contribution in [0.5, 0.6) is 0 Å². The van der Waals surface area contributed by atoms with Gasteiger partial charge in [0.25, 0.3) is 0 Å². The molecule has 0 spiro atoms. The van der Waals surface area contributed by atoms with Gasteiger partial charge >= 0.3 is 5.97 Å². The van der Waals surface area contributed by atoms with Crippen LogP contribution >= 0.6 is 0 Å². The second-order valence-corrected chi connectivity index (χ2v) is 29.1. The quantitative estimate of drug-likeness (QED) is 0.0409. The summed E-state index contributed by atoms with van der Waals surface area (Å²) in [6, 6.07) is 0.785. The highest BCUT2D eigenvalue weighted by molar-refractivity contribution is 5.78. The Balaban J connectivity index is 0.00000167. The van der Waals surface area contributed by atoms with Crippen LogP contribution in [-0.2, 0) is 9.59 Å². The van der Waals surface area contributed by atoms with E-state index < -0.39 is 5.97 Å². The fraction of sp³-hybridized carbons (Fsp3) is 0.795. The molecule has 2 saturated heterocycles. The van der Waals surface area contributed by atoms with E-state index in [4.69, 9.17) is 10.8 Å². The molecule has 0 aromatic carbocycles. The topological polar surface area (TPSA) is 105 Å². The molecule has 9 nitrogen and oxygen atoms in total. The van der Waals surface area contributed by atoms with Crippen LogP contribution in [0.25, 0.3) is 0 Å². The molecule has 0 aromatic rings. The molecule has 2 rings (SSSR count). The Bertz CT molecular complexity index is 1780. The van der Waals surface area contributed by atoms with Crippen LogP contribution in [0, 0.1) is 0 Å². The molecule has 0 saturated carbocycles. The summed E-state index contributed by atoms with van der Waals surface area (Å²) in [5.74, 6) is -0.487. The van der Waals surface area contributed by atoms with Gasteiger partial charge in [-0.1, -0.05) is 305 Å². The van der Waals surface area contributed by atoms with E-state index in [1.165, 1.54) is 295 Å². The third kappa shape index (κ3) is 75.2. The lowest BCUT2D eigenvalue weighted by Gasteiger charge is -2.32. The summed E-state index contributed by atoms with van der Waals surface area (Å²) in [5.41, 5.74) is 6.37. The van der Waals surface area contributed by atoms with Gasteiger partial charge in [-0.3, -0.25) is 19.4 Å². The van der Waals surface area contributed by atoms with Gasteiger partial charge in [0.15, 0.2) is 0 Å². The zero-order chi connectivity index (χ0) is 70.5. The molecule has 2 aliphatic heterocycles. The van der Waals surface area contributed by atoms with E-state index in [9.17, 15) is 9.59 Å². The lowest BCUT2D eigenvalue weighted by atomic mass is 9.99. The molecule has 564 valence electrons. The predicted molar refractivity (Wildman–Crippen MR) is 431 cm³/mol. The fourth-order valence-corrected chi connectivity index (χ4v) is 12.7. The molecule has 97 heavy (non-hydrogen) atoms. The van der Waals surface area contributed by atoms with Crippen LogP contribution in [0.4, 0.5) is 0 Å². The first-order chi connectivity index (χ1) is 47.6. The average molecular weight is 1350 g/mol. The largest absolute Gasteiger partial charge is 0.480 e. The number of carbonyl (C=O) groups excluding carboxylic acids is 1. The Kier molecular flexibility index (Phi) is 75.7. The smallest absolute Gasteiger partial charge is 0.317 e. The Morgan fingerprint density at radius 2 is 0.546 bits per heavy atom. The Labute approximate surface area is 604 Å². The van der Waals surface area contributed by atoms with Crippen LogP contribution in [-0.4, -0.2) is 128 Å². The second kappa shape index (κ2) is 78.4. The van der Waals surface area contributed by atoms with Crippen LogP contribution in [0.15, 0.2) is 97.2 Å². The molecule has 2 heterocycles. The van der Waals surface area contributed by atoms with Crippen molar-refractivity contribution in [1.29, 1.82) is 0 Å². The summed E-state index contributed by atoms with van der Waals surface area (Å²) in [5, 5.41) is 11.9. The molecule has 0 aromatic heterocycles. The number of hydrogen-bond acceptors (Lipinski definition) is 7. The van der Waals surface area contributed by atoms with Gasteiger partial charge in [0.1, 0.15) is 0 Å². The first-order valence-electron chi connectivity index (χ1n) is 41.9.